The molecule has 1 saturated carbocycles. The minimum atomic E-state index is -0.247. The van der Waals surface area contributed by atoms with Gasteiger partial charge in [-0.2, -0.15) is 0 Å². The van der Waals surface area contributed by atoms with E-state index in [0.29, 0.717) is 5.75 Å². The van der Waals surface area contributed by atoms with Crippen LogP contribution in [0.3, 0.4) is 0 Å². The van der Waals surface area contributed by atoms with Gasteiger partial charge in [0.15, 0.2) is 0 Å². The Morgan fingerprint density at radius 3 is 3.00 bits per heavy atom. The highest BCUT2D eigenvalue weighted by atomic mass is 19.1. The first-order valence-electron chi connectivity index (χ1n) is 6.86. The van der Waals surface area contributed by atoms with Crippen LogP contribution in [0.2, 0.25) is 0 Å². The van der Waals surface area contributed by atoms with Crippen LogP contribution in [0.4, 0.5) is 4.39 Å². The van der Waals surface area contributed by atoms with E-state index in [9.17, 15) is 4.39 Å². The highest BCUT2D eigenvalue weighted by molar-refractivity contribution is 5.39. The Kier molecular flexibility index (Phi) is 2.81. The first-order chi connectivity index (χ1) is 8.62. The van der Waals surface area contributed by atoms with E-state index in [1.807, 2.05) is 0 Å². The lowest BCUT2D eigenvalue weighted by Gasteiger charge is -2.39. The van der Waals surface area contributed by atoms with E-state index in [2.05, 4.69) is 6.92 Å². The molecule has 0 amide bonds. The Hall–Kier alpha value is -1.09. The largest absolute Gasteiger partial charge is 0.487 e. The zero-order valence-electron chi connectivity index (χ0n) is 10.8. The van der Waals surface area contributed by atoms with Gasteiger partial charge in [-0.15, -0.1) is 0 Å². The predicted octanol–water partition coefficient (Wildman–Crippen LogP) is 3.56. The van der Waals surface area contributed by atoms with Gasteiger partial charge >= 0.3 is 0 Å². The molecule has 0 aromatic heterocycles. The fraction of sp³-hybridized carbons (Fsp3) is 0.600. The molecule has 3 rings (SSSR count). The zero-order chi connectivity index (χ0) is 12.8. The van der Waals surface area contributed by atoms with E-state index in [-0.39, 0.29) is 17.5 Å². The molecule has 1 aliphatic carbocycles. The second kappa shape index (κ2) is 4.23. The lowest BCUT2D eigenvalue weighted by atomic mass is 9.85. The normalized spacial score (nSPS) is 34.4. The average Bonchev–Trinajstić information content (AvgIpc) is 2.71. The molecule has 0 bridgehead atoms. The van der Waals surface area contributed by atoms with Crippen LogP contribution >= 0.6 is 0 Å². The molecule has 2 N–H and O–H groups in total. The second-order valence-electron chi connectivity index (χ2n) is 5.79. The third-order valence-corrected chi connectivity index (χ3v) is 4.54. The van der Waals surface area contributed by atoms with Crippen LogP contribution < -0.4 is 10.5 Å². The van der Waals surface area contributed by atoms with Crippen LogP contribution in [-0.4, -0.2) is 5.60 Å². The molecule has 1 aromatic carbocycles. The maximum Gasteiger partial charge on any atom is 0.127 e. The fourth-order valence-electron chi connectivity index (χ4n) is 3.51. The number of hydrogen-bond acceptors (Lipinski definition) is 2. The molecule has 1 aliphatic heterocycles. The van der Waals surface area contributed by atoms with Gasteiger partial charge in [-0.05, 0) is 31.2 Å². The van der Waals surface area contributed by atoms with Crippen molar-refractivity contribution >= 4 is 0 Å². The Bertz CT molecular complexity index is 462. The number of nitrogens with two attached hydrogens (primary N) is 1. The van der Waals surface area contributed by atoms with Gasteiger partial charge in [-0.1, -0.05) is 19.4 Å². The summed E-state index contributed by atoms with van der Waals surface area (Å²) >= 11 is 0. The molecular weight excluding hydrogens is 229 g/mol. The Morgan fingerprint density at radius 2 is 2.28 bits per heavy atom. The number of fused-ring (bicyclic) bond motifs is 1. The van der Waals surface area contributed by atoms with Gasteiger partial charge in [-0.3, -0.25) is 0 Å². The minimum absolute atomic E-state index is 0.0232. The summed E-state index contributed by atoms with van der Waals surface area (Å²) in [5.41, 5.74) is 7.04. The van der Waals surface area contributed by atoms with Crippen LogP contribution in [0.15, 0.2) is 18.2 Å². The van der Waals surface area contributed by atoms with Crippen LogP contribution in [0.25, 0.3) is 0 Å². The number of rotatable bonds is 1. The Balaban J connectivity index is 1.91. The SMILES string of the molecule is CCC1CCC2(C1)C[C@@H](N)c1ccc(F)cc1O2. The van der Waals surface area contributed by atoms with Crippen molar-refractivity contribution in [1.82, 2.24) is 0 Å². The van der Waals surface area contributed by atoms with Crippen molar-refractivity contribution in [3.05, 3.63) is 29.6 Å². The molecule has 0 radical (unpaired) electrons. The zero-order valence-corrected chi connectivity index (χ0v) is 10.8. The molecule has 1 fully saturated rings. The summed E-state index contributed by atoms with van der Waals surface area (Å²) in [4.78, 5) is 0. The van der Waals surface area contributed by atoms with Crippen molar-refractivity contribution < 1.29 is 9.13 Å². The summed E-state index contributed by atoms with van der Waals surface area (Å²) < 4.78 is 19.5. The van der Waals surface area contributed by atoms with Crippen molar-refractivity contribution in [3.63, 3.8) is 0 Å². The quantitative estimate of drug-likeness (QED) is 0.826. The molecule has 1 spiro atoms. The summed E-state index contributed by atoms with van der Waals surface area (Å²) in [6.07, 6.45) is 5.37. The Labute approximate surface area is 107 Å². The van der Waals surface area contributed by atoms with Gasteiger partial charge in [0.1, 0.15) is 17.2 Å². The van der Waals surface area contributed by atoms with Crippen molar-refractivity contribution in [1.29, 1.82) is 0 Å². The van der Waals surface area contributed by atoms with Crippen LogP contribution in [0, 0.1) is 11.7 Å². The van der Waals surface area contributed by atoms with Crippen LogP contribution in [-0.2, 0) is 0 Å². The standard InChI is InChI=1S/C15H20FNO/c1-2-10-5-6-15(8-10)9-13(17)12-4-3-11(16)7-14(12)18-15/h3-4,7,10,13H,2,5-6,8-9,17H2,1H3/t10?,13-,15?/m1/s1. The topological polar surface area (TPSA) is 35.2 Å². The maximum absolute atomic E-state index is 13.3. The van der Waals surface area contributed by atoms with Crippen molar-refractivity contribution in [2.24, 2.45) is 11.7 Å². The first kappa shape index (κ1) is 12.0. The smallest absolute Gasteiger partial charge is 0.127 e. The summed E-state index contributed by atoms with van der Waals surface area (Å²) in [7, 11) is 0. The highest BCUT2D eigenvalue weighted by Crippen LogP contribution is 2.48. The molecular formula is C15H20FNO. The average molecular weight is 249 g/mol. The number of halogens is 1. The minimum Gasteiger partial charge on any atom is -0.487 e. The van der Waals surface area contributed by atoms with Crippen molar-refractivity contribution in [2.75, 3.05) is 0 Å². The fourth-order valence-corrected chi connectivity index (χ4v) is 3.51. The Morgan fingerprint density at radius 1 is 1.44 bits per heavy atom. The summed E-state index contributed by atoms with van der Waals surface area (Å²) in [5.74, 6) is 1.14. The van der Waals surface area contributed by atoms with Gasteiger partial charge in [0.2, 0.25) is 0 Å². The summed E-state index contributed by atoms with van der Waals surface area (Å²) in [6.45, 7) is 2.22. The molecule has 1 heterocycles. The van der Waals surface area contributed by atoms with E-state index in [0.717, 1.165) is 30.7 Å². The second-order valence-corrected chi connectivity index (χ2v) is 5.79. The molecule has 3 atom stereocenters. The molecule has 98 valence electrons. The maximum atomic E-state index is 13.3. The molecule has 18 heavy (non-hydrogen) atoms. The van der Waals surface area contributed by atoms with E-state index in [1.165, 1.54) is 25.0 Å². The predicted molar refractivity (Wildman–Crippen MR) is 68.9 cm³/mol. The monoisotopic (exact) mass is 249 g/mol. The van der Waals surface area contributed by atoms with Gasteiger partial charge in [0.25, 0.3) is 0 Å². The number of ether oxygens (including phenoxy) is 1. The molecule has 1 aromatic rings. The lowest BCUT2D eigenvalue weighted by molar-refractivity contribution is 0.0381. The molecule has 2 nitrogen and oxygen atoms in total. The third-order valence-electron chi connectivity index (χ3n) is 4.54. The molecule has 0 saturated heterocycles. The van der Waals surface area contributed by atoms with Crippen LogP contribution in [0.1, 0.15) is 50.6 Å². The van der Waals surface area contributed by atoms with Crippen LogP contribution in [0.5, 0.6) is 5.75 Å². The summed E-state index contributed by atoms with van der Waals surface area (Å²) in [5, 5.41) is 0. The first-order valence-corrected chi connectivity index (χ1v) is 6.86. The van der Waals surface area contributed by atoms with E-state index < -0.39 is 0 Å². The molecule has 3 heteroatoms. The van der Waals surface area contributed by atoms with Crippen molar-refractivity contribution in [3.8, 4) is 5.75 Å². The van der Waals surface area contributed by atoms with Gasteiger partial charge in [0, 0.05) is 24.1 Å². The van der Waals surface area contributed by atoms with Crippen molar-refractivity contribution in [2.45, 2.75) is 50.7 Å². The lowest BCUT2D eigenvalue weighted by Crippen LogP contribution is -2.41. The van der Waals surface area contributed by atoms with E-state index in [1.54, 1.807) is 6.07 Å². The number of benzene rings is 1. The highest BCUT2D eigenvalue weighted by Gasteiger charge is 2.45. The van der Waals surface area contributed by atoms with Gasteiger partial charge in [-0.25, -0.2) is 4.39 Å². The summed E-state index contributed by atoms with van der Waals surface area (Å²) in [6, 6.07) is 4.68. The van der Waals surface area contributed by atoms with Gasteiger partial charge < -0.3 is 10.5 Å². The molecule has 2 unspecified atom stereocenters. The number of hydrogen-bond donors (Lipinski definition) is 1. The van der Waals surface area contributed by atoms with E-state index in [4.69, 9.17) is 10.5 Å². The van der Waals surface area contributed by atoms with E-state index >= 15 is 0 Å². The molecule has 2 aliphatic rings. The van der Waals surface area contributed by atoms with Gasteiger partial charge in [0.05, 0.1) is 0 Å². The third kappa shape index (κ3) is 1.91.